The lowest BCUT2D eigenvalue weighted by Crippen LogP contribution is -2.34. The number of fused-ring (bicyclic) bond motifs is 6. The number of amides is 4. The molecule has 0 radical (unpaired) electrons. The van der Waals surface area contributed by atoms with Gasteiger partial charge in [-0.1, -0.05) is 24.3 Å². The maximum absolute atomic E-state index is 14.2. The first-order valence-electron chi connectivity index (χ1n) is 26.7. The maximum atomic E-state index is 14.2. The second-order valence-electron chi connectivity index (χ2n) is 21.5. The summed E-state index contributed by atoms with van der Waals surface area (Å²) >= 11 is 0. The Labute approximate surface area is 479 Å². The number of rotatable bonds is 16. The van der Waals surface area contributed by atoms with E-state index in [4.69, 9.17) is 11.5 Å². The molecule has 0 saturated heterocycles. The van der Waals surface area contributed by atoms with Crippen LogP contribution < -0.4 is 22.1 Å². The number of carbonyl (C=O) groups excluding carboxylic acids is 4. The lowest BCUT2D eigenvalue weighted by atomic mass is 9.94. The van der Waals surface area contributed by atoms with E-state index >= 15 is 0 Å². The average molecular weight is 1200 g/mol. The highest BCUT2D eigenvalue weighted by Crippen LogP contribution is 2.59. The number of primary amides is 2. The molecule has 4 heterocycles. The Morgan fingerprint density at radius 3 is 1.26 bits per heavy atom. The molecule has 4 aliphatic rings. The molecule has 4 aliphatic carbocycles. The molecule has 4 unspecified atom stereocenters. The van der Waals surface area contributed by atoms with Crippen LogP contribution in [0.4, 0.5) is 52.7 Å². The summed E-state index contributed by atoms with van der Waals surface area (Å²) in [5.74, 6) is -8.48. The lowest BCUT2D eigenvalue weighted by Gasteiger charge is -2.22. The number of benzene rings is 4. The Bertz CT molecular complexity index is 3750. The highest BCUT2D eigenvalue weighted by molar-refractivity contribution is 5.95. The summed E-state index contributed by atoms with van der Waals surface area (Å²) < 4.78 is 169. The topological polar surface area (TPSA) is 206 Å². The van der Waals surface area contributed by atoms with Crippen LogP contribution in [0.15, 0.2) is 109 Å². The molecule has 4 aromatic heterocycles. The predicted molar refractivity (Wildman–Crippen MR) is 282 cm³/mol. The molecule has 4 aromatic carbocycles. The highest BCUT2D eigenvalue weighted by Gasteiger charge is 2.54. The molecule has 4 amide bonds. The maximum Gasteiger partial charge on any atom is 0.435 e. The molecule has 6 atom stereocenters. The van der Waals surface area contributed by atoms with Crippen LogP contribution in [0.1, 0.15) is 114 Å². The fourth-order valence-corrected chi connectivity index (χ4v) is 11.8. The van der Waals surface area contributed by atoms with Crippen molar-refractivity contribution in [1.82, 2.24) is 40.2 Å². The van der Waals surface area contributed by atoms with Gasteiger partial charge in [0.2, 0.25) is 11.8 Å². The summed E-state index contributed by atoms with van der Waals surface area (Å²) in [6.45, 7) is -1.06. The van der Waals surface area contributed by atoms with Crippen LogP contribution in [-0.4, -0.2) is 53.2 Å². The molecule has 0 aliphatic heterocycles. The van der Waals surface area contributed by atoms with Gasteiger partial charge >= 0.3 is 12.4 Å². The average Bonchev–Trinajstić information content (AvgIpc) is 1.57. The van der Waals surface area contributed by atoms with Crippen molar-refractivity contribution < 1.29 is 71.9 Å². The molecule has 26 heteroatoms. The second-order valence-corrected chi connectivity index (χ2v) is 21.5. The van der Waals surface area contributed by atoms with Crippen molar-refractivity contribution in [2.75, 3.05) is 0 Å². The second kappa shape index (κ2) is 22.6. The Balaban J connectivity index is 0.000000179. The number of nitrogens with one attached hydrogen (secondary N) is 2. The normalized spacial score (nSPS) is 17.7. The van der Waals surface area contributed by atoms with Crippen molar-refractivity contribution in [3.8, 4) is 22.3 Å². The molecule has 444 valence electrons. The zero-order valence-electron chi connectivity index (χ0n) is 44.5. The predicted octanol–water partition coefficient (Wildman–Crippen LogP) is 10.5. The molecule has 8 aromatic rings. The van der Waals surface area contributed by atoms with E-state index in [1.54, 1.807) is 24.3 Å². The quantitative estimate of drug-likeness (QED) is 0.0683. The number of nitrogens with two attached hydrogens (primary N) is 2. The van der Waals surface area contributed by atoms with Gasteiger partial charge in [0, 0.05) is 70.0 Å². The number of alkyl halides is 6. The van der Waals surface area contributed by atoms with Crippen molar-refractivity contribution in [3.63, 3.8) is 0 Å². The molecule has 12 rings (SSSR count). The Kier molecular flexibility index (Phi) is 15.3. The van der Waals surface area contributed by atoms with E-state index in [2.05, 4.69) is 30.8 Å². The van der Waals surface area contributed by atoms with E-state index in [1.165, 1.54) is 36.7 Å². The van der Waals surface area contributed by atoms with Crippen LogP contribution >= 0.6 is 0 Å². The first kappa shape index (κ1) is 58.4. The number of carbonyl (C=O) groups is 4. The van der Waals surface area contributed by atoms with Gasteiger partial charge in [-0.25, -0.2) is 26.3 Å². The lowest BCUT2D eigenvalue weighted by molar-refractivity contribution is -0.143. The summed E-state index contributed by atoms with van der Waals surface area (Å²) in [6.07, 6.45) is -4.88. The zero-order chi connectivity index (χ0) is 61.3. The van der Waals surface area contributed by atoms with E-state index < -0.39 is 107 Å². The molecular weight excluding hydrogens is 1150 g/mol. The van der Waals surface area contributed by atoms with Crippen LogP contribution in [-0.2, 0) is 60.7 Å². The molecule has 86 heavy (non-hydrogen) atoms. The standard InChI is InChI=1S/2C30H23F6N5O2/c2*31-17-6-14(7-18(32)12-17)8-24(26-19(2-1-5-38-26)15-3-4-23(33)21(9-15)29(37)43)39-25(42)13-41-27-20-10-16(20)11-22(27)28(40-41)30(34,35)36/h2*1-7,9,12,16,20,24H,8,10-11,13H2,(H2,37,43)(H,39,42)/t2*16?,20?,24-/m00/s1. The van der Waals surface area contributed by atoms with Gasteiger partial charge in [-0.3, -0.25) is 38.5 Å². The third-order valence-electron chi connectivity index (χ3n) is 15.6. The van der Waals surface area contributed by atoms with Gasteiger partial charge in [-0.2, -0.15) is 36.5 Å². The van der Waals surface area contributed by atoms with E-state index in [0.29, 0.717) is 45.8 Å². The van der Waals surface area contributed by atoms with Crippen molar-refractivity contribution in [1.29, 1.82) is 0 Å². The number of hydrogen-bond donors (Lipinski definition) is 4. The number of halogens is 12. The number of nitrogens with zero attached hydrogens (tertiary/aromatic N) is 6. The van der Waals surface area contributed by atoms with E-state index in [-0.39, 0.29) is 94.1 Å². The van der Waals surface area contributed by atoms with Crippen LogP contribution in [0.25, 0.3) is 22.3 Å². The monoisotopic (exact) mass is 1200 g/mol. The largest absolute Gasteiger partial charge is 0.435 e. The van der Waals surface area contributed by atoms with Gasteiger partial charge in [0.05, 0.1) is 34.6 Å². The molecule has 2 fully saturated rings. The first-order valence-corrected chi connectivity index (χ1v) is 26.7. The smallest absolute Gasteiger partial charge is 0.366 e. The van der Waals surface area contributed by atoms with Crippen LogP contribution in [0.3, 0.4) is 0 Å². The van der Waals surface area contributed by atoms with Gasteiger partial charge in [0.1, 0.15) is 48.0 Å². The summed E-state index contributed by atoms with van der Waals surface area (Å²) in [5, 5.41) is 13.0. The van der Waals surface area contributed by atoms with Gasteiger partial charge < -0.3 is 22.1 Å². The van der Waals surface area contributed by atoms with Crippen molar-refractivity contribution in [3.05, 3.63) is 212 Å². The zero-order valence-corrected chi connectivity index (χ0v) is 44.5. The molecule has 0 spiro atoms. The van der Waals surface area contributed by atoms with Crippen LogP contribution in [0, 0.1) is 46.7 Å². The van der Waals surface area contributed by atoms with Crippen molar-refractivity contribution in [2.45, 2.75) is 87.9 Å². The van der Waals surface area contributed by atoms with Crippen molar-refractivity contribution in [2.24, 2.45) is 23.3 Å². The van der Waals surface area contributed by atoms with E-state index in [1.807, 2.05) is 0 Å². The highest BCUT2D eigenvalue weighted by atomic mass is 19.4. The summed E-state index contributed by atoms with van der Waals surface area (Å²) in [6, 6.07) is 17.2. The minimum absolute atomic E-state index is 0.0854. The van der Waals surface area contributed by atoms with Crippen LogP contribution in [0.2, 0.25) is 0 Å². The fraction of sp³-hybridized carbons (Fsp3) is 0.267. The number of hydrogen-bond acceptors (Lipinski definition) is 8. The van der Waals surface area contributed by atoms with Crippen LogP contribution in [0.5, 0.6) is 0 Å². The molecule has 14 nitrogen and oxygen atoms in total. The van der Waals surface area contributed by atoms with Gasteiger partial charge in [0.25, 0.3) is 11.8 Å². The summed E-state index contributed by atoms with van der Waals surface area (Å²) in [4.78, 5) is 59.1. The van der Waals surface area contributed by atoms with E-state index in [9.17, 15) is 71.9 Å². The molecular formula is C60H46F12N10O4. The molecule has 6 N–H and O–H groups in total. The van der Waals surface area contributed by atoms with Gasteiger partial charge in [0.15, 0.2) is 11.4 Å². The Morgan fingerprint density at radius 2 is 0.907 bits per heavy atom. The van der Waals surface area contributed by atoms with Gasteiger partial charge in [-0.05, 0) is 133 Å². The summed E-state index contributed by atoms with van der Waals surface area (Å²) in [5.41, 5.74) is 11.0. The first-order chi connectivity index (χ1) is 40.8. The fourth-order valence-electron chi connectivity index (χ4n) is 11.8. The number of aromatic nitrogens is 6. The minimum atomic E-state index is -4.67. The third kappa shape index (κ3) is 12.1. The minimum Gasteiger partial charge on any atom is -0.366 e. The summed E-state index contributed by atoms with van der Waals surface area (Å²) in [7, 11) is 0. The third-order valence-corrected chi connectivity index (χ3v) is 15.6. The molecule has 0 bridgehead atoms. The van der Waals surface area contributed by atoms with Crippen molar-refractivity contribution >= 4 is 23.6 Å². The Morgan fingerprint density at radius 1 is 0.535 bits per heavy atom. The van der Waals surface area contributed by atoms with E-state index in [0.717, 1.165) is 58.6 Å². The SMILES string of the molecule is NC(=O)c1cc(-c2cccnc2[C@H](Cc2cc(F)cc(F)c2)NC(=O)Cn2nc(C(F)(F)F)c3c2C2CC2C3)ccc1F.NC(=O)c1cc(-c2cccnc2[C@H](Cc2cc(F)cc(F)c2)NC(=O)Cn2nc(C(F)(F)F)c3c2C2CC2C3)ccc1F. The Hall–Kier alpha value is -9.36. The number of pyridine rings is 2. The van der Waals surface area contributed by atoms with Gasteiger partial charge in [-0.15, -0.1) is 0 Å². The molecule has 2 saturated carbocycles.